The zero-order valence-electron chi connectivity index (χ0n) is 15.3. The molecular formula is C18H25ClN4O2S. The molecule has 0 bridgehead atoms. The first kappa shape index (κ1) is 20.6. The van der Waals surface area contributed by atoms with Gasteiger partial charge in [-0.3, -0.25) is 9.59 Å². The van der Waals surface area contributed by atoms with Crippen molar-refractivity contribution in [3.8, 4) is 0 Å². The molecule has 0 unspecified atom stereocenters. The van der Waals surface area contributed by atoms with Crippen molar-refractivity contribution in [2.75, 3.05) is 38.5 Å². The van der Waals surface area contributed by atoms with Gasteiger partial charge in [-0.05, 0) is 43.4 Å². The summed E-state index contributed by atoms with van der Waals surface area (Å²) < 4.78 is 0. The maximum Gasteiger partial charge on any atom is 0.254 e. The lowest BCUT2D eigenvalue weighted by molar-refractivity contribution is -0.120. The number of nitrogens with zero attached hydrogens (tertiary/aromatic N) is 2. The third-order valence-corrected chi connectivity index (χ3v) is 4.63. The maximum absolute atomic E-state index is 12.7. The molecule has 0 aliphatic carbocycles. The predicted molar refractivity (Wildman–Crippen MR) is 109 cm³/mol. The first-order valence-corrected chi connectivity index (χ1v) is 9.43. The number of carbonyl (C=O) groups is 2. The molecule has 0 aromatic heterocycles. The molecular weight excluding hydrogens is 372 g/mol. The van der Waals surface area contributed by atoms with Crippen LogP contribution in [0.1, 0.15) is 30.6 Å². The minimum absolute atomic E-state index is 0.0346. The van der Waals surface area contributed by atoms with Crippen LogP contribution in [-0.2, 0) is 4.79 Å². The Kier molecular flexibility index (Phi) is 7.37. The summed E-state index contributed by atoms with van der Waals surface area (Å²) in [6, 6.07) is 5.03. The number of likely N-dealkylation sites (N-methyl/N-ethyl adjacent to an activating group) is 1. The number of nitrogens with one attached hydrogen (secondary N) is 2. The molecule has 6 nitrogen and oxygen atoms in total. The molecule has 1 heterocycles. The number of carbonyl (C=O) groups excluding carboxylic acids is 2. The highest BCUT2D eigenvalue weighted by atomic mass is 35.5. The van der Waals surface area contributed by atoms with Crippen LogP contribution in [0, 0.1) is 5.92 Å². The fraction of sp³-hybridized carbons (Fsp3) is 0.500. The second kappa shape index (κ2) is 9.30. The van der Waals surface area contributed by atoms with E-state index in [0.29, 0.717) is 35.8 Å². The second-order valence-corrected chi connectivity index (χ2v) is 7.71. The molecule has 8 heteroatoms. The van der Waals surface area contributed by atoms with Crippen molar-refractivity contribution in [3.63, 3.8) is 0 Å². The molecule has 1 aromatic rings. The smallest absolute Gasteiger partial charge is 0.254 e. The second-order valence-electron chi connectivity index (χ2n) is 6.89. The molecule has 2 rings (SSSR count). The van der Waals surface area contributed by atoms with Crippen LogP contribution in [0.4, 0.5) is 5.69 Å². The van der Waals surface area contributed by atoms with E-state index >= 15 is 0 Å². The number of amides is 2. The van der Waals surface area contributed by atoms with Crippen LogP contribution >= 0.6 is 23.8 Å². The van der Waals surface area contributed by atoms with E-state index in [9.17, 15) is 9.59 Å². The summed E-state index contributed by atoms with van der Waals surface area (Å²) in [5.41, 5.74) is 1.04. The van der Waals surface area contributed by atoms with Crippen LogP contribution in [0.5, 0.6) is 0 Å². The lowest BCUT2D eigenvalue weighted by Gasteiger charge is -2.32. The number of anilines is 1. The molecule has 1 aliphatic rings. The monoisotopic (exact) mass is 396 g/mol. The molecule has 1 aromatic carbocycles. The SMILES string of the molecule is CC(C)CC(=O)NC(=S)Nc1cc(C(=O)N2CCN(C)CC2)ccc1Cl. The summed E-state index contributed by atoms with van der Waals surface area (Å²) in [5.74, 6) is 0.0526. The quantitative estimate of drug-likeness (QED) is 0.766. The Morgan fingerprint density at radius 1 is 1.23 bits per heavy atom. The van der Waals surface area contributed by atoms with Crippen LogP contribution in [0.3, 0.4) is 0 Å². The Hall–Kier alpha value is -1.70. The normalized spacial score (nSPS) is 15.0. The number of thiocarbonyl (C=S) groups is 1. The van der Waals surface area contributed by atoms with Gasteiger partial charge in [-0.15, -0.1) is 0 Å². The highest BCUT2D eigenvalue weighted by molar-refractivity contribution is 7.80. The average molecular weight is 397 g/mol. The molecule has 2 N–H and O–H groups in total. The molecule has 26 heavy (non-hydrogen) atoms. The van der Waals surface area contributed by atoms with E-state index in [4.69, 9.17) is 23.8 Å². The first-order chi connectivity index (χ1) is 12.3. The Labute approximate surface area is 164 Å². The third kappa shape index (κ3) is 5.93. The lowest BCUT2D eigenvalue weighted by Crippen LogP contribution is -2.47. The van der Waals surface area contributed by atoms with Gasteiger partial charge in [-0.2, -0.15) is 0 Å². The maximum atomic E-state index is 12.7. The van der Waals surface area contributed by atoms with Crippen LogP contribution < -0.4 is 10.6 Å². The Morgan fingerprint density at radius 3 is 2.50 bits per heavy atom. The van der Waals surface area contributed by atoms with Gasteiger partial charge >= 0.3 is 0 Å². The third-order valence-electron chi connectivity index (χ3n) is 4.10. The van der Waals surface area contributed by atoms with E-state index < -0.39 is 0 Å². The van der Waals surface area contributed by atoms with Crippen molar-refractivity contribution in [2.24, 2.45) is 5.92 Å². The van der Waals surface area contributed by atoms with Crippen molar-refractivity contribution < 1.29 is 9.59 Å². The molecule has 1 saturated heterocycles. The number of rotatable bonds is 4. The molecule has 2 amide bonds. The summed E-state index contributed by atoms with van der Waals surface area (Å²) in [5, 5.41) is 6.13. The van der Waals surface area contributed by atoms with Crippen LogP contribution in [0.25, 0.3) is 0 Å². The Bertz CT molecular complexity index is 688. The number of benzene rings is 1. The highest BCUT2D eigenvalue weighted by Gasteiger charge is 2.21. The highest BCUT2D eigenvalue weighted by Crippen LogP contribution is 2.24. The van der Waals surface area contributed by atoms with E-state index in [0.717, 1.165) is 13.1 Å². The van der Waals surface area contributed by atoms with Crippen molar-refractivity contribution in [2.45, 2.75) is 20.3 Å². The largest absolute Gasteiger partial charge is 0.336 e. The molecule has 1 fully saturated rings. The van der Waals surface area contributed by atoms with E-state index in [-0.39, 0.29) is 22.8 Å². The molecule has 0 radical (unpaired) electrons. The van der Waals surface area contributed by atoms with Gasteiger partial charge in [-0.25, -0.2) is 0 Å². The fourth-order valence-electron chi connectivity index (χ4n) is 2.65. The average Bonchev–Trinajstić information content (AvgIpc) is 2.56. The summed E-state index contributed by atoms with van der Waals surface area (Å²) in [4.78, 5) is 28.5. The van der Waals surface area contributed by atoms with Crippen molar-refractivity contribution in [1.82, 2.24) is 15.1 Å². The van der Waals surface area contributed by atoms with E-state index in [2.05, 4.69) is 15.5 Å². The fourth-order valence-corrected chi connectivity index (χ4v) is 3.04. The molecule has 142 valence electrons. The number of hydrogen-bond donors (Lipinski definition) is 2. The lowest BCUT2D eigenvalue weighted by atomic mass is 10.1. The number of hydrogen-bond acceptors (Lipinski definition) is 4. The Morgan fingerprint density at radius 2 is 1.88 bits per heavy atom. The molecule has 1 aliphatic heterocycles. The molecule has 0 saturated carbocycles. The van der Waals surface area contributed by atoms with Crippen molar-refractivity contribution in [3.05, 3.63) is 28.8 Å². The summed E-state index contributed by atoms with van der Waals surface area (Å²) in [6.45, 7) is 7.03. The zero-order chi connectivity index (χ0) is 19.3. The van der Waals surface area contributed by atoms with Gasteiger partial charge in [0.1, 0.15) is 0 Å². The van der Waals surface area contributed by atoms with Gasteiger partial charge in [0.15, 0.2) is 5.11 Å². The van der Waals surface area contributed by atoms with Crippen molar-refractivity contribution in [1.29, 1.82) is 0 Å². The summed E-state index contributed by atoms with van der Waals surface area (Å²) in [7, 11) is 2.04. The zero-order valence-corrected chi connectivity index (χ0v) is 16.9. The summed E-state index contributed by atoms with van der Waals surface area (Å²) in [6.07, 6.45) is 0.386. The van der Waals surface area contributed by atoms with Gasteiger partial charge in [0.2, 0.25) is 5.91 Å². The van der Waals surface area contributed by atoms with Crippen LogP contribution in [0.15, 0.2) is 18.2 Å². The predicted octanol–water partition coefficient (Wildman–Crippen LogP) is 2.59. The van der Waals surface area contributed by atoms with Gasteiger partial charge in [-0.1, -0.05) is 25.4 Å². The number of piperazine rings is 1. The van der Waals surface area contributed by atoms with Crippen molar-refractivity contribution >= 4 is 46.4 Å². The minimum Gasteiger partial charge on any atom is -0.336 e. The topological polar surface area (TPSA) is 64.7 Å². The first-order valence-electron chi connectivity index (χ1n) is 8.64. The van der Waals surface area contributed by atoms with E-state index in [1.165, 1.54) is 0 Å². The standard InChI is InChI=1S/C18H25ClN4O2S/c1-12(2)10-16(24)21-18(26)20-15-11-13(4-5-14(15)19)17(25)23-8-6-22(3)7-9-23/h4-5,11-12H,6-10H2,1-3H3,(H2,20,21,24,26). The van der Waals surface area contributed by atoms with E-state index in [1.54, 1.807) is 18.2 Å². The van der Waals surface area contributed by atoms with Gasteiger partial charge in [0.05, 0.1) is 10.7 Å². The van der Waals surface area contributed by atoms with Gasteiger partial charge < -0.3 is 20.4 Å². The van der Waals surface area contributed by atoms with Crippen LogP contribution in [-0.4, -0.2) is 60.0 Å². The Balaban J connectivity index is 2.03. The summed E-state index contributed by atoms with van der Waals surface area (Å²) >= 11 is 11.4. The van der Waals surface area contributed by atoms with Gasteiger partial charge in [0, 0.05) is 38.2 Å². The van der Waals surface area contributed by atoms with Crippen LogP contribution in [0.2, 0.25) is 5.02 Å². The van der Waals surface area contributed by atoms with Gasteiger partial charge in [0.25, 0.3) is 5.91 Å². The number of halogens is 1. The molecule has 0 spiro atoms. The van der Waals surface area contributed by atoms with E-state index in [1.807, 2.05) is 25.8 Å². The molecule has 0 atom stereocenters. The minimum atomic E-state index is -0.154.